The highest BCUT2D eigenvalue weighted by Crippen LogP contribution is 2.12. The highest BCUT2D eigenvalue weighted by atomic mass is 32.2. The van der Waals surface area contributed by atoms with Crippen LogP contribution in [-0.2, 0) is 24.7 Å². The quantitative estimate of drug-likeness (QED) is 0.647. The second-order valence-corrected chi connectivity index (χ2v) is 7.71. The molecular weight excluding hydrogens is 258 g/mol. The summed E-state index contributed by atoms with van der Waals surface area (Å²) in [6, 6.07) is -0.705. The number of sulfonamides is 1. The third kappa shape index (κ3) is 4.45. The number of carboxylic acids is 1. The van der Waals surface area contributed by atoms with Gasteiger partial charge in [0.15, 0.2) is 15.6 Å². The van der Waals surface area contributed by atoms with Crippen molar-refractivity contribution in [3.05, 3.63) is 0 Å². The van der Waals surface area contributed by atoms with E-state index in [1.165, 1.54) is 0 Å². The molecular formula is C7H13NO6S2. The van der Waals surface area contributed by atoms with Gasteiger partial charge in [0.05, 0.1) is 11.5 Å². The van der Waals surface area contributed by atoms with Gasteiger partial charge in [0.25, 0.3) is 0 Å². The smallest absolute Gasteiger partial charge is 0.320 e. The van der Waals surface area contributed by atoms with E-state index in [4.69, 9.17) is 5.11 Å². The molecule has 0 aliphatic carbocycles. The van der Waals surface area contributed by atoms with Crippen molar-refractivity contribution in [2.45, 2.75) is 18.9 Å². The molecule has 1 unspecified atom stereocenters. The molecule has 0 aromatic rings. The maximum absolute atomic E-state index is 11.2. The van der Waals surface area contributed by atoms with E-state index in [0.717, 1.165) is 0 Å². The molecule has 1 aliphatic heterocycles. The number of hydrogen-bond acceptors (Lipinski definition) is 5. The topological polar surface area (TPSA) is 118 Å². The lowest BCUT2D eigenvalue weighted by Gasteiger charge is -2.22. The normalized spacial score (nSPS) is 25.1. The van der Waals surface area contributed by atoms with Gasteiger partial charge in [-0.15, -0.1) is 0 Å². The average molecular weight is 271 g/mol. The lowest BCUT2D eigenvalue weighted by molar-refractivity contribution is -0.134. The average Bonchev–Trinajstić information content (AvgIpc) is 1.96. The first-order valence-corrected chi connectivity index (χ1v) is 8.10. The Bertz CT molecular complexity index is 465. The number of hydrogen-bond donors (Lipinski definition) is 2. The number of carboxylic acid groups (broad SMARTS) is 1. The third-order valence-corrected chi connectivity index (χ3v) is 5.26. The van der Waals surface area contributed by atoms with Gasteiger partial charge in [0.2, 0.25) is 10.0 Å². The van der Waals surface area contributed by atoms with E-state index in [2.05, 4.69) is 4.72 Å². The summed E-state index contributed by atoms with van der Waals surface area (Å²) in [5, 5.41) is 8.34. The highest BCUT2D eigenvalue weighted by Gasteiger charge is 2.28. The molecule has 0 radical (unpaired) electrons. The van der Waals surface area contributed by atoms with Crippen molar-refractivity contribution in [3.8, 4) is 0 Å². The van der Waals surface area contributed by atoms with Crippen LogP contribution in [0.4, 0.5) is 0 Å². The maximum atomic E-state index is 11.2. The first-order valence-electron chi connectivity index (χ1n) is 4.62. The van der Waals surface area contributed by atoms with Gasteiger partial charge in [-0.3, -0.25) is 4.79 Å². The molecule has 0 amide bonds. The minimum absolute atomic E-state index is 0.0597. The van der Waals surface area contributed by atoms with Crippen molar-refractivity contribution in [1.29, 1.82) is 0 Å². The molecule has 0 saturated carbocycles. The summed E-state index contributed by atoms with van der Waals surface area (Å²) in [5.41, 5.74) is 0. The first kappa shape index (κ1) is 13.4. The second-order valence-electron chi connectivity index (χ2n) is 3.72. The minimum Gasteiger partial charge on any atom is -0.480 e. The molecule has 1 saturated heterocycles. The monoisotopic (exact) mass is 271 g/mol. The molecule has 1 heterocycles. The van der Waals surface area contributed by atoms with Crippen LogP contribution in [0.15, 0.2) is 0 Å². The lowest BCUT2D eigenvalue weighted by Crippen LogP contribution is -2.44. The number of sulfone groups is 1. The highest BCUT2D eigenvalue weighted by molar-refractivity contribution is 7.91. The van der Waals surface area contributed by atoms with Gasteiger partial charge < -0.3 is 5.11 Å². The molecule has 1 fully saturated rings. The molecule has 0 spiro atoms. The summed E-state index contributed by atoms with van der Waals surface area (Å²) in [6.07, 6.45) is 0.806. The number of nitrogens with one attached hydrogen (secondary N) is 1. The molecule has 16 heavy (non-hydrogen) atoms. The molecule has 0 aromatic carbocycles. The van der Waals surface area contributed by atoms with Gasteiger partial charge in [-0.2, -0.15) is 0 Å². The molecule has 1 rings (SSSR count). The lowest BCUT2D eigenvalue weighted by atomic mass is 10.2. The standard InChI is InChI=1S/C7H13NO6S2/c9-7(10)5-16(13,14)8-6-2-1-3-15(11,12)4-6/h6,8H,1-5H2,(H,9,10). The Kier molecular flexibility index (Phi) is 3.92. The van der Waals surface area contributed by atoms with Crippen molar-refractivity contribution in [3.63, 3.8) is 0 Å². The molecule has 0 bridgehead atoms. The van der Waals surface area contributed by atoms with Crippen LogP contribution in [-0.4, -0.2) is 51.2 Å². The van der Waals surface area contributed by atoms with E-state index in [9.17, 15) is 21.6 Å². The Morgan fingerprint density at radius 1 is 1.44 bits per heavy atom. The first-order chi connectivity index (χ1) is 7.20. The zero-order valence-corrected chi connectivity index (χ0v) is 10.1. The number of rotatable bonds is 4. The molecule has 9 heteroatoms. The van der Waals surface area contributed by atoms with Gasteiger partial charge >= 0.3 is 5.97 Å². The van der Waals surface area contributed by atoms with E-state index < -0.39 is 37.6 Å². The van der Waals surface area contributed by atoms with Crippen molar-refractivity contribution >= 4 is 25.8 Å². The summed E-state index contributed by atoms with van der Waals surface area (Å²) in [6.45, 7) is 0. The van der Waals surface area contributed by atoms with Gasteiger partial charge in [-0.1, -0.05) is 0 Å². The molecule has 7 nitrogen and oxygen atoms in total. The van der Waals surface area contributed by atoms with Gasteiger partial charge in [0, 0.05) is 6.04 Å². The zero-order chi connectivity index (χ0) is 12.4. The Hall–Kier alpha value is -0.670. The SMILES string of the molecule is O=C(O)CS(=O)(=O)NC1CCCS(=O)(=O)C1. The van der Waals surface area contributed by atoms with Crippen molar-refractivity contribution in [1.82, 2.24) is 4.72 Å². The van der Waals surface area contributed by atoms with Crippen LogP contribution in [0.2, 0.25) is 0 Å². The van der Waals surface area contributed by atoms with Crippen molar-refractivity contribution < 1.29 is 26.7 Å². The predicted molar refractivity (Wildman–Crippen MR) is 56.2 cm³/mol. The predicted octanol–water partition coefficient (Wildman–Crippen LogP) is -1.43. The van der Waals surface area contributed by atoms with Crippen LogP contribution in [0.25, 0.3) is 0 Å². The summed E-state index contributed by atoms with van der Waals surface area (Å²) in [5.74, 6) is -2.70. The van der Waals surface area contributed by atoms with E-state index in [1.807, 2.05) is 0 Å². The van der Waals surface area contributed by atoms with Crippen LogP contribution < -0.4 is 4.72 Å². The summed E-state index contributed by atoms with van der Waals surface area (Å²) in [7, 11) is -7.15. The van der Waals surface area contributed by atoms with E-state index in [0.29, 0.717) is 12.8 Å². The Balaban J connectivity index is 2.64. The Morgan fingerprint density at radius 2 is 2.06 bits per heavy atom. The van der Waals surface area contributed by atoms with E-state index in [-0.39, 0.29) is 11.5 Å². The number of aliphatic carboxylic acids is 1. The van der Waals surface area contributed by atoms with Crippen LogP contribution in [0.3, 0.4) is 0 Å². The van der Waals surface area contributed by atoms with Gasteiger partial charge in [0.1, 0.15) is 0 Å². The molecule has 0 aromatic heterocycles. The van der Waals surface area contributed by atoms with E-state index >= 15 is 0 Å². The van der Waals surface area contributed by atoms with Crippen molar-refractivity contribution in [2.75, 3.05) is 17.3 Å². The molecule has 1 atom stereocenters. The summed E-state index contributed by atoms with van der Waals surface area (Å²) >= 11 is 0. The van der Waals surface area contributed by atoms with Crippen LogP contribution in [0.5, 0.6) is 0 Å². The summed E-state index contributed by atoms with van der Waals surface area (Å²) < 4.78 is 47.0. The van der Waals surface area contributed by atoms with Crippen molar-refractivity contribution in [2.24, 2.45) is 0 Å². The maximum Gasteiger partial charge on any atom is 0.320 e. The minimum atomic E-state index is -3.94. The molecule has 1 aliphatic rings. The third-order valence-electron chi connectivity index (χ3n) is 2.12. The van der Waals surface area contributed by atoms with Gasteiger partial charge in [-0.05, 0) is 12.8 Å². The summed E-state index contributed by atoms with van der Waals surface area (Å²) in [4.78, 5) is 10.2. The zero-order valence-electron chi connectivity index (χ0n) is 8.42. The largest absolute Gasteiger partial charge is 0.480 e. The Labute approximate surface area is 93.8 Å². The van der Waals surface area contributed by atoms with Crippen LogP contribution >= 0.6 is 0 Å². The molecule has 2 N–H and O–H groups in total. The molecule has 94 valence electrons. The van der Waals surface area contributed by atoms with Crippen LogP contribution in [0.1, 0.15) is 12.8 Å². The Morgan fingerprint density at radius 3 is 2.56 bits per heavy atom. The van der Waals surface area contributed by atoms with E-state index in [1.54, 1.807) is 0 Å². The fraction of sp³-hybridized carbons (Fsp3) is 0.857. The van der Waals surface area contributed by atoms with Crippen LogP contribution in [0, 0.1) is 0 Å². The van der Waals surface area contributed by atoms with Gasteiger partial charge in [-0.25, -0.2) is 21.6 Å². The second kappa shape index (κ2) is 4.68. The fourth-order valence-electron chi connectivity index (χ4n) is 1.57. The fourth-order valence-corrected chi connectivity index (χ4v) is 4.43. The number of carbonyl (C=O) groups is 1.